The Morgan fingerprint density at radius 1 is 1.42 bits per heavy atom. The van der Waals surface area contributed by atoms with Crippen LogP contribution in [0.2, 0.25) is 0 Å². The van der Waals surface area contributed by atoms with Crippen LogP contribution in [0.3, 0.4) is 0 Å². The first kappa shape index (κ1) is 16.4. The fourth-order valence-corrected chi connectivity index (χ4v) is 3.36. The van der Waals surface area contributed by atoms with E-state index in [9.17, 15) is 4.79 Å². The number of ether oxygens (including phenoxy) is 1. The van der Waals surface area contributed by atoms with Gasteiger partial charge in [0.25, 0.3) is 0 Å². The quantitative estimate of drug-likeness (QED) is 0.661. The van der Waals surface area contributed by atoms with E-state index in [-0.39, 0.29) is 24.5 Å². The number of carbonyl (C=O) groups excluding carboxylic acids is 1. The summed E-state index contributed by atoms with van der Waals surface area (Å²) in [5.41, 5.74) is 2.06. The number of thiocarbonyl (C=S) groups is 1. The number of aromatic nitrogens is 2. The summed E-state index contributed by atoms with van der Waals surface area (Å²) in [6.07, 6.45) is 6.14. The molecule has 1 fully saturated rings. The minimum Gasteiger partial charge on any atom is -0.469 e. The molecule has 0 spiro atoms. The lowest BCUT2D eigenvalue weighted by Gasteiger charge is -2.26. The smallest absolute Gasteiger partial charge is 0.307 e. The van der Waals surface area contributed by atoms with Gasteiger partial charge in [-0.15, -0.1) is 0 Å². The molecule has 1 aliphatic heterocycles. The Morgan fingerprint density at radius 3 is 2.88 bits per heavy atom. The number of aryl methyl sites for hydroxylation is 1. The average Bonchev–Trinajstić information content (AvgIpc) is 3.16. The Morgan fingerprint density at radius 2 is 2.25 bits per heavy atom. The highest BCUT2D eigenvalue weighted by molar-refractivity contribution is 7.80. The largest absolute Gasteiger partial charge is 0.469 e. The zero-order chi connectivity index (χ0) is 17.1. The summed E-state index contributed by atoms with van der Waals surface area (Å²) < 4.78 is 6.76. The summed E-state index contributed by atoms with van der Waals surface area (Å²) in [5, 5.41) is 3.98. The predicted molar refractivity (Wildman–Crippen MR) is 94.2 cm³/mol. The number of nitrogens with one attached hydrogen (secondary N) is 1. The molecule has 1 aliphatic rings. The van der Waals surface area contributed by atoms with Gasteiger partial charge in [0, 0.05) is 32.2 Å². The lowest BCUT2D eigenvalue weighted by atomic mass is 9.99. The lowest BCUT2D eigenvalue weighted by molar-refractivity contribution is -0.140. The molecular formula is C17H20N4O2S. The molecule has 2 aromatic rings. The third-order valence-corrected chi connectivity index (χ3v) is 4.53. The van der Waals surface area contributed by atoms with Crippen molar-refractivity contribution in [1.82, 2.24) is 19.8 Å². The molecule has 2 atom stereocenters. The second kappa shape index (κ2) is 7.00. The van der Waals surface area contributed by atoms with E-state index in [1.165, 1.54) is 7.11 Å². The van der Waals surface area contributed by atoms with Crippen LogP contribution >= 0.6 is 12.2 Å². The molecule has 2 aromatic heterocycles. The van der Waals surface area contributed by atoms with Crippen molar-refractivity contribution in [1.29, 1.82) is 0 Å². The Balaban J connectivity index is 1.92. The van der Waals surface area contributed by atoms with Gasteiger partial charge in [0.1, 0.15) is 0 Å². The van der Waals surface area contributed by atoms with E-state index >= 15 is 0 Å². The van der Waals surface area contributed by atoms with Gasteiger partial charge in [-0.3, -0.25) is 9.78 Å². The third kappa shape index (κ3) is 3.26. The first-order valence-electron chi connectivity index (χ1n) is 7.77. The number of esters is 1. The highest BCUT2D eigenvalue weighted by Gasteiger charge is 2.40. The first-order chi connectivity index (χ1) is 11.6. The van der Waals surface area contributed by atoms with E-state index in [2.05, 4.69) is 22.6 Å². The molecule has 0 radical (unpaired) electrons. The van der Waals surface area contributed by atoms with Gasteiger partial charge in [-0.25, -0.2) is 0 Å². The molecule has 0 unspecified atom stereocenters. The standard InChI is InChI=1S/C17H20N4O2S/c1-20-9-6-12(11-20)16-15(13-5-3-4-8-18-13)19-17(24)21(16)10-7-14(22)23-2/h3-6,8-9,11,15-16H,7,10H2,1-2H3,(H,19,24)/t15-,16-/m1/s1. The van der Waals surface area contributed by atoms with Gasteiger partial charge in [-0.2, -0.15) is 0 Å². The molecule has 3 rings (SSSR count). The molecule has 1 N–H and O–H groups in total. The van der Waals surface area contributed by atoms with E-state index < -0.39 is 0 Å². The molecule has 0 amide bonds. The summed E-state index contributed by atoms with van der Waals surface area (Å²) in [6.45, 7) is 0.501. The van der Waals surface area contributed by atoms with Crippen LogP contribution in [0.15, 0.2) is 42.9 Å². The third-order valence-electron chi connectivity index (χ3n) is 4.18. The molecule has 0 aromatic carbocycles. The van der Waals surface area contributed by atoms with E-state index in [0.29, 0.717) is 11.7 Å². The molecule has 1 saturated heterocycles. The topological polar surface area (TPSA) is 59.4 Å². The highest BCUT2D eigenvalue weighted by atomic mass is 32.1. The van der Waals surface area contributed by atoms with Crippen molar-refractivity contribution in [2.24, 2.45) is 7.05 Å². The van der Waals surface area contributed by atoms with Crippen LogP contribution in [-0.2, 0) is 16.6 Å². The molecule has 126 valence electrons. The zero-order valence-electron chi connectivity index (χ0n) is 13.7. The van der Waals surface area contributed by atoms with Crippen molar-refractivity contribution in [3.8, 4) is 0 Å². The number of hydrogen-bond donors (Lipinski definition) is 1. The van der Waals surface area contributed by atoms with Gasteiger partial charge in [-0.05, 0) is 36.0 Å². The Hall–Kier alpha value is -2.41. The number of methoxy groups -OCH3 is 1. The number of rotatable bonds is 5. The highest BCUT2D eigenvalue weighted by Crippen LogP contribution is 2.38. The van der Waals surface area contributed by atoms with Gasteiger partial charge in [0.2, 0.25) is 0 Å². The SMILES string of the molecule is COC(=O)CCN1C(=S)N[C@H](c2ccccn2)[C@H]1c1ccn(C)c1. The van der Waals surface area contributed by atoms with Crippen molar-refractivity contribution < 1.29 is 9.53 Å². The molecule has 6 nitrogen and oxygen atoms in total. The number of nitrogens with zero attached hydrogens (tertiary/aromatic N) is 3. The summed E-state index contributed by atoms with van der Waals surface area (Å²) in [5.74, 6) is -0.245. The molecule has 0 bridgehead atoms. The maximum Gasteiger partial charge on any atom is 0.307 e. The number of pyridine rings is 1. The van der Waals surface area contributed by atoms with Crippen LogP contribution in [0.5, 0.6) is 0 Å². The number of carbonyl (C=O) groups is 1. The normalized spacial score (nSPS) is 20.1. The van der Waals surface area contributed by atoms with Crippen molar-refractivity contribution in [3.63, 3.8) is 0 Å². The summed E-state index contributed by atoms with van der Waals surface area (Å²) in [7, 11) is 3.38. The molecule has 7 heteroatoms. The van der Waals surface area contributed by atoms with E-state index in [1.54, 1.807) is 6.20 Å². The maximum atomic E-state index is 11.5. The molecule has 0 saturated carbocycles. The van der Waals surface area contributed by atoms with Gasteiger partial charge >= 0.3 is 5.97 Å². The van der Waals surface area contributed by atoms with E-state index in [0.717, 1.165) is 11.3 Å². The second-order valence-electron chi connectivity index (χ2n) is 5.76. The molecule has 0 aliphatic carbocycles. The molecular weight excluding hydrogens is 324 g/mol. The van der Waals surface area contributed by atoms with Crippen LogP contribution in [0.4, 0.5) is 0 Å². The minimum absolute atomic E-state index is 0.0155. The Kier molecular flexibility index (Phi) is 4.80. The zero-order valence-corrected chi connectivity index (χ0v) is 14.5. The first-order valence-corrected chi connectivity index (χ1v) is 8.17. The van der Waals surface area contributed by atoms with Gasteiger partial charge in [0.05, 0.1) is 31.3 Å². The summed E-state index contributed by atoms with van der Waals surface area (Å²) >= 11 is 5.52. The van der Waals surface area contributed by atoms with E-state index in [1.807, 2.05) is 40.9 Å². The van der Waals surface area contributed by atoms with Crippen LogP contribution < -0.4 is 5.32 Å². The van der Waals surface area contributed by atoms with Crippen molar-refractivity contribution in [2.75, 3.05) is 13.7 Å². The number of hydrogen-bond acceptors (Lipinski definition) is 4. The van der Waals surface area contributed by atoms with E-state index in [4.69, 9.17) is 17.0 Å². The minimum atomic E-state index is -0.245. The fourth-order valence-electron chi connectivity index (χ4n) is 3.02. The van der Waals surface area contributed by atoms with Crippen LogP contribution in [-0.4, -0.2) is 39.2 Å². The maximum absolute atomic E-state index is 11.5. The molecule has 24 heavy (non-hydrogen) atoms. The Bertz CT molecular complexity index is 731. The fraction of sp³-hybridized carbons (Fsp3) is 0.353. The van der Waals surface area contributed by atoms with Gasteiger partial charge < -0.3 is 19.5 Å². The van der Waals surface area contributed by atoms with Crippen LogP contribution in [0.25, 0.3) is 0 Å². The van der Waals surface area contributed by atoms with Crippen LogP contribution in [0.1, 0.15) is 29.8 Å². The van der Waals surface area contributed by atoms with Crippen molar-refractivity contribution in [3.05, 3.63) is 54.1 Å². The molecule has 3 heterocycles. The predicted octanol–water partition coefficient (Wildman–Crippen LogP) is 1.96. The Labute approximate surface area is 146 Å². The summed E-state index contributed by atoms with van der Waals surface area (Å²) in [6, 6.07) is 7.84. The van der Waals surface area contributed by atoms with Gasteiger partial charge in [-0.1, -0.05) is 6.07 Å². The second-order valence-corrected chi connectivity index (χ2v) is 6.14. The van der Waals surface area contributed by atoms with Crippen molar-refractivity contribution >= 4 is 23.3 Å². The van der Waals surface area contributed by atoms with Crippen LogP contribution in [0, 0.1) is 0 Å². The summed E-state index contributed by atoms with van der Waals surface area (Å²) in [4.78, 5) is 18.1. The van der Waals surface area contributed by atoms with Crippen molar-refractivity contribution in [2.45, 2.75) is 18.5 Å². The monoisotopic (exact) mass is 344 g/mol. The lowest BCUT2D eigenvalue weighted by Crippen LogP contribution is -2.31. The van der Waals surface area contributed by atoms with Gasteiger partial charge in [0.15, 0.2) is 5.11 Å². The average molecular weight is 344 g/mol.